The lowest BCUT2D eigenvalue weighted by Crippen LogP contribution is -2.15. The van der Waals surface area contributed by atoms with Crippen molar-refractivity contribution in [2.75, 3.05) is 0 Å². The molecule has 0 amide bonds. The third-order valence-electron chi connectivity index (χ3n) is 3.07. The summed E-state index contributed by atoms with van der Waals surface area (Å²) >= 11 is 5.63. The molecule has 1 N–H and O–H groups in total. The Bertz CT molecular complexity index is 617. The summed E-state index contributed by atoms with van der Waals surface area (Å²) in [5.74, 6) is 0.492. The zero-order valence-corrected chi connectivity index (χ0v) is 11.5. The van der Waals surface area contributed by atoms with Gasteiger partial charge < -0.3 is 10.1 Å². The Morgan fingerprint density at radius 3 is 2.85 bits per heavy atom. The zero-order chi connectivity index (χ0) is 13.9. The Labute approximate surface area is 121 Å². The number of nitrogens with one attached hydrogen (secondary N) is 1. The molecule has 2 aromatic rings. The van der Waals surface area contributed by atoms with Crippen LogP contribution in [0.4, 0.5) is 4.39 Å². The standard InChI is InChI=1S/C15H14ClFN2O/c16-14-4-3-12(6-15(14)17)20-13-5-10(7-18-9-13)8-19-11-1-2-11/h3-7,9,11,19H,1-2,8H2. The first-order chi connectivity index (χ1) is 9.70. The highest BCUT2D eigenvalue weighted by molar-refractivity contribution is 6.30. The summed E-state index contributed by atoms with van der Waals surface area (Å²) in [5, 5.41) is 3.49. The normalized spacial score (nSPS) is 14.3. The minimum absolute atomic E-state index is 0.0814. The average molecular weight is 293 g/mol. The number of hydrogen-bond acceptors (Lipinski definition) is 3. The fraction of sp³-hybridized carbons (Fsp3) is 0.267. The molecule has 1 saturated carbocycles. The number of aromatic nitrogens is 1. The maximum Gasteiger partial charge on any atom is 0.146 e. The topological polar surface area (TPSA) is 34.1 Å². The maximum atomic E-state index is 13.3. The van der Waals surface area contributed by atoms with Crippen LogP contribution < -0.4 is 10.1 Å². The summed E-state index contributed by atoms with van der Waals surface area (Å²) in [6.07, 6.45) is 5.89. The SMILES string of the molecule is Fc1cc(Oc2cncc(CNC3CC3)c2)ccc1Cl. The number of rotatable bonds is 5. The third-order valence-corrected chi connectivity index (χ3v) is 3.38. The minimum Gasteiger partial charge on any atom is -0.456 e. The van der Waals surface area contributed by atoms with Gasteiger partial charge in [0.25, 0.3) is 0 Å². The summed E-state index contributed by atoms with van der Waals surface area (Å²) in [6, 6.07) is 6.90. The van der Waals surface area contributed by atoms with Crippen molar-refractivity contribution in [3.63, 3.8) is 0 Å². The number of ether oxygens (including phenoxy) is 1. The van der Waals surface area contributed by atoms with Gasteiger partial charge in [-0.1, -0.05) is 11.6 Å². The highest BCUT2D eigenvalue weighted by Gasteiger charge is 2.19. The predicted octanol–water partition coefficient (Wildman–Crippen LogP) is 3.92. The first-order valence-corrected chi connectivity index (χ1v) is 6.89. The molecule has 0 bridgehead atoms. The maximum absolute atomic E-state index is 13.3. The van der Waals surface area contributed by atoms with Gasteiger partial charge in [-0.3, -0.25) is 4.98 Å². The zero-order valence-electron chi connectivity index (χ0n) is 10.8. The number of hydrogen-bond donors (Lipinski definition) is 1. The molecule has 1 aromatic carbocycles. The lowest BCUT2D eigenvalue weighted by atomic mass is 10.2. The molecule has 1 heterocycles. The van der Waals surface area contributed by atoms with Crippen LogP contribution in [-0.2, 0) is 6.54 Å². The molecule has 0 saturated heterocycles. The van der Waals surface area contributed by atoms with Crippen molar-refractivity contribution in [1.29, 1.82) is 0 Å². The van der Waals surface area contributed by atoms with Crippen LogP contribution in [0.2, 0.25) is 5.02 Å². The van der Waals surface area contributed by atoms with Gasteiger partial charge >= 0.3 is 0 Å². The largest absolute Gasteiger partial charge is 0.456 e. The van der Waals surface area contributed by atoms with E-state index in [0.29, 0.717) is 17.5 Å². The van der Waals surface area contributed by atoms with Crippen LogP contribution in [0.1, 0.15) is 18.4 Å². The third kappa shape index (κ3) is 3.46. The van der Waals surface area contributed by atoms with Crippen LogP contribution in [0.5, 0.6) is 11.5 Å². The van der Waals surface area contributed by atoms with E-state index in [-0.39, 0.29) is 5.02 Å². The van der Waals surface area contributed by atoms with Crippen LogP contribution in [0, 0.1) is 5.82 Å². The number of pyridine rings is 1. The van der Waals surface area contributed by atoms with Crippen molar-refractivity contribution in [3.05, 3.63) is 53.1 Å². The van der Waals surface area contributed by atoms with E-state index in [2.05, 4.69) is 10.3 Å². The molecule has 0 atom stereocenters. The summed E-state index contributed by atoms with van der Waals surface area (Å²) in [5.41, 5.74) is 1.05. The second kappa shape index (κ2) is 5.77. The van der Waals surface area contributed by atoms with Crippen molar-refractivity contribution in [2.24, 2.45) is 0 Å². The van der Waals surface area contributed by atoms with E-state index >= 15 is 0 Å². The Morgan fingerprint density at radius 2 is 2.10 bits per heavy atom. The average Bonchev–Trinajstić information content (AvgIpc) is 3.25. The molecule has 3 rings (SSSR count). The number of halogens is 2. The molecular formula is C15H14ClFN2O. The molecule has 20 heavy (non-hydrogen) atoms. The Hall–Kier alpha value is -1.65. The molecule has 1 fully saturated rings. The van der Waals surface area contributed by atoms with Crippen LogP contribution in [0.3, 0.4) is 0 Å². The Balaban J connectivity index is 1.69. The molecular weight excluding hydrogens is 279 g/mol. The van der Waals surface area contributed by atoms with Crippen molar-refractivity contribution in [1.82, 2.24) is 10.3 Å². The number of benzene rings is 1. The van der Waals surface area contributed by atoms with Gasteiger partial charge in [0.15, 0.2) is 0 Å². The number of nitrogens with zero attached hydrogens (tertiary/aromatic N) is 1. The molecule has 1 aliphatic carbocycles. The minimum atomic E-state index is -0.497. The molecule has 3 nitrogen and oxygen atoms in total. The molecule has 0 unspecified atom stereocenters. The van der Waals surface area contributed by atoms with E-state index < -0.39 is 5.82 Å². The van der Waals surface area contributed by atoms with E-state index in [0.717, 1.165) is 12.1 Å². The molecule has 1 aromatic heterocycles. The molecule has 0 radical (unpaired) electrons. The fourth-order valence-corrected chi connectivity index (χ4v) is 1.96. The Morgan fingerprint density at radius 1 is 1.25 bits per heavy atom. The summed E-state index contributed by atoms with van der Waals surface area (Å²) in [7, 11) is 0. The molecule has 5 heteroatoms. The second-order valence-electron chi connectivity index (χ2n) is 4.86. The van der Waals surface area contributed by atoms with Gasteiger partial charge in [0.1, 0.15) is 17.3 Å². The first kappa shape index (κ1) is 13.3. The summed E-state index contributed by atoms with van der Waals surface area (Å²) in [4.78, 5) is 4.13. The molecule has 0 aliphatic heterocycles. The molecule has 104 valence electrons. The summed E-state index contributed by atoms with van der Waals surface area (Å²) < 4.78 is 18.9. The van der Waals surface area contributed by atoms with Crippen molar-refractivity contribution in [3.8, 4) is 11.5 Å². The highest BCUT2D eigenvalue weighted by Crippen LogP contribution is 2.26. The van der Waals surface area contributed by atoms with Gasteiger partial charge in [-0.2, -0.15) is 0 Å². The van der Waals surface area contributed by atoms with Crippen LogP contribution in [0.25, 0.3) is 0 Å². The van der Waals surface area contributed by atoms with Crippen molar-refractivity contribution in [2.45, 2.75) is 25.4 Å². The van der Waals surface area contributed by atoms with Crippen molar-refractivity contribution < 1.29 is 9.13 Å². The lowest BCUT2D eigenvalue weighted by Gasteiger charge is -2.08. The molecule has 0 spiro atoms. The lowest BCUT2D eigenvalue weighted by molar-refractivity contribution is 0.473. The van der Waals surface area contributed by atoms with Gasteiger partial charge in [-0.15, -0.1) is 0 Å². The predicted molar refractivity (Wildman–Crippen MR) is 75.6 cm³/mol. The highest BCUT2D eigenvalue weighted by atomic mass is 35.5. The van der Waals surface area contributed by atoms with E-state index in [1.54, 1.807) is 18.5 Å². The van der Waals surface area contributed by atoms with Gasteiger partial charge in [0.2, 0.25) is 0 Å². The summed E-state index contributed by atoms with van der Waals surface area (Å²) in [6.45, 7) is 0.768. The van der Waals surface area contributed by atoms with E-state index in [4.69, 9.17) is 16.3 Å². The van der Waals surface area contributed by atoms with Crippen LogP contribution in [-0.4, -0.2) is 11.0 Å². The van der Waals surface area contributed by atoms with Crippen LogP contribution in [0.15, 0.2) is 36.7 Å². The second-order valence-corrected chi connectivity index (χ2v) is 5.27. The van der Waals surface area contributed by atoms with E-state index in [9.17, 15) is 4.39 Å². The van der Waals surface area contributed by atoms with Gasteiger partial charge in [-0.25, -0.2) is 4.39 Å². The van der Waals surface area contributed by atoms with E-state index in [1.165, 1.54) is 25.0 Å². The van der Waals surface area contributed by atoms with Gasteiger partial charge in [0, 0.05) is 24.8 Å². The van der Waals surface area contributed by atoms with E-state index in [1.807, 2.05) is 6.07 Å². The first-order valence-electron chi connectivity index (χ1n) is 6.51. The fourth-order valence-electron chi connectivity index (χ4n) is 1.84. The molecule has 1 aliphatic rings. The Kier molecular flexibility index (Phi) is 3.85. The quantitative estimate of drug-likeness (QED) is 0.907. The van der Waals surface area contributed by atoms with Crippen LogP contribution >= 0.6 is 11.6 Å². The van der Waals surface area contributed by atoms with Crippen molar-refractivity contribution >= 4 is 11.6 Å². The monoisotopic (exact) mass is 292 g/mol. The van der Waals surface area contributed by atoms with Gasteiger partial charge in [-0.05, 0) is 36.6 Å². The van der Waals surface area contributed by atoms with Gasteiger partial charge in [0.05, 0.1) is 11.2 Å². The smallest absolute Gasteiger partial charge is 0.146 e.